The van der Waals surface area contributed by atoms with Gasteiger partial charge in [-0.05, 0) is 61.8 Å². The average Bonchev–Trinajstić information content (AvgIpc) is 2.88. The third-order valence-corrected chi connectivity index (χ3v) is 7.13. The molecule has 0 aliphatic heterocycles. The summed E-state index contributed by atoms with van der Waals surface area (Å²) in [4.78, 5) is 22.7. The van der Waals surface area contributed by atoms with Gasteiger partial charge in [0.2, 0.25) is 0 Å². The molecule has 5 N–H and O–H groups in total. The number of carbonyl (C=O) groups is 1. The van der Waals surface area contributed by atoms with Crippen LogP contribution in [0.1, 0.15) is 59.3 Å². The highest BCUT2D eigenvalue weighted by molar-refractivity contribution is 7.98. The van der Waals surface area contributed by atoms with Crippen molar-refractivity contribution in [3.8, 4) is 11.3 Å². The summed E-state index contributed by atoms with van der Waals surface area (Å²) >= 11 is 1.55. The fourth-order valence-electron chi connectivity index (χ4n) is 4.37. The molecule has 184 valence electrons. The van der Waals surface area contributed by atoms with Gasteiger partial charge in [-0.3, -0.25) is 4.79 Å². The maximum absolute atomic E-state index is 15.0. The van der Waals surface area contributed by atoms with Crippen molar-refractivity contribution in [3.05, 3.63) is 71.3 Å². The minimum absolute atomic E-state index is 0.142. The zero-order valence-corrected chi connectivity index (χ0v) is 20.3. The second kappa shape index (κ2) is 11.2. The molecule has 1 atom stereocenters. The summed E-state index contributed by atoms with van der Waals surface area (Å²) < 4.78 is 15.0. The molecule has 0 saturated heterocycles. The Bertz CT molecular complexity index is 1200. The molecule has 1 saturated carbocycles. The first-order chi connectivity index (χ1) is 16.9. The number of halogens is 1. The van der Waals surface area contributed by atoms with Crippen LogP contribution in [0.25, 0.3) is 11.3 Å². The number of carbonyl (C=O) groups excluding carboxylic acids is 1. The van der Waals surface area contributed by atoms with Crippen molar-refractivity contribution in [2.75, 3.05) is 18.6 Å². The van der Waals surface area contributed by atoms with E-state index in [1.165, 1.54) is 12.1 Å². The molecule has 4 rings (SSSR count). The van der Waals surface area contributed by atoms with E-state index in [1.54, 1.807) is 24.0 Å². The van der Waals surface area contributed by atoms with Gasteiger partial charge in [-0.1, -0.05) is 18.2 Å². The van der Waals surface area contributed by atoms with Crippen LogP contribution < -0.4 is 11.1 Å². The smallest absolute Gasteiger partial charge is 0.254 e. The average molecular weight is 497 g/mol. The molecule has 0 spiro atoms. The van der Waals surface area contributed by atoms with E-state index < -0.39 is 17.8 Å². The third kappa shape index (κ3) is 5.80. The Balaban J connectivity index is 1.54. The summed E-state index contributed by atoms with van der Waals surface area (Å²) in [5.41, 5.74) is 8.19. The van der Waals surface area contributed by atoms with Crippen molar-refractivity contribution in [2.45, 2.75) is 48.6 Å². The molecule has 0 unspecified atom stereocenters. The number of nitrogens with two attached hydrogens (primary N) is 1. The number of hydrogen-bond acceptors (Lipinski definition) is 7. The highest BCUT2D eigenvalue weighted by Crippen LogP contribution is 2.34. The molecule has 9 heteroatoms. The van der Waals surface area contributed by atoms with Gasteiger partial charge >= 0.3 is 0 Å². The lowest BCUT2D eigenvalue weighted by atomic mass is 9.85. The lowest BCUT2D eigenvalue weighted by Gasteiger charge is -2.25. The van der Waals surface area contributed by atoms with Crippen LogP contribution in [0.3, 0.4) is 0 Å². The van der Waals surface area contributed by atoms with Crippen molar-refractivity contribution in [1.29, 1.82) is 0 Å². The molecule has 1 fully saturated rings. The number of aromatic nitrogens is 2. The normalized spacial score (nSPS) is 18.7. The number of nitrogen functional groups attached to an aromatic ring is 1. The van der Waals surface area contributed by atoms with Gasteiger partial charge in [0, 0.05) is 16.4 Å². The van der Waals surface area contributed by atoms with Crippen molar-refractivity contribution in [3.63, 3.8) is 0 Å². The Kier molecular flexibility index (Phi) is 8.00. The van der Waals surface area contributed by atoms with Gasteiger partial charge in [-0.15, -0.1) is 11.8 Å². The van der Waals surface area contributed by atoms with E-state index >= 15 is 4.39 Å². The molecule has 1 aromatic heterocycles. The fourth-order valence-corrected chi connectivity index (χ4v) is 4.84. The van der Waals surface area contributed by atoms with Crippen molar-refractivity contribution in [1.82, 2.24) is 15.3 Å². The van der Waals surface area contributed by atoms with Crippen LogP contribution in [0.2, 0.25) is 0 Å². The first kappa shape index (κ1) is 25.1. The fraction of sp³-hybridized carbons (Fsp3) is 0.346. The van der Waals surface area contributed by atoms with Gasteiger partial charge in [0.1, 0.15) is 17.3 Å². The third-order valence-electron chi connectivity index (χ3n) is 6.41. The minimum Gasteiger partial charge on any atom is -0.394 e. The van der Waals surface area contributed by atoms with Gasteiger partial charge in [0.25, 0.3) is 5.91 Å². The Hall–Kier alpha value is -3.01. The number of hydrogen-bond donors (Lipinski definition) is 4. The summed E-state index contributed by atoms with van der Waals surface area (Å²) in [6, 6.07) is 11.0. The quantitative estimate of drug-likeness (QED) is 0.364. The Morgan fingerprint density at radius 2 is 2.00 bits per heavy atom. The Morgan fingerprint density at radius 1 is 1.23 bits per heavy atom. The molecule has 3 aromatic rings. The van der Waals surface area contributed by atoms with Gasteiger partial charge in [0.05, 0.1) is 36.2 Å². The Morgan fingerprint density at radius 3 is 2.69 bits per heavy atom. The van der Waals surface area contributed by atoms with Crippen molar-refractivity contribution in [2.24, 2.45) is 0 Å². The number of thioether (sulfide) groups is 1. The summed E-state index contributed by atoms with van der Waals surface area (Å²) in [5.74, 6) is -1.01. The summed E-state index contributed by atoms with van der Waals surface area (Å²) in [6.45, 7) is -0.319. The van der Waals surface area contributed by atoms with Crippen LogP contribution in [0.15, 0.2) is 53.6 Å². The highest BCUT2D eigenvalue weighted by atomic mass is 32.2. The zero-order valence-electron chi connectivity index (χ0n) is 19.4. The number of aliphatic hydroxyl groups is 2. The predicted octanol–water partition coefficient (Wildman–Crippen LogP) is 4.07. The number of nitrogens with zero attached hydrogens (tertiary/aromatic N) is 2. The number of nitrogens with one attached hydrogen (secondary N) is 1. The SMILES string of the molecule is CSc1cccc([C@@H](CO)NC(=O)c2ccc(-c3nc(C4CCC(O)CC4)cnc3N)cc2F)c1. The van der Waals surface area contributed by atoms with Crippen LogP contribution in [0.4, 0.5) is 10.2 Å². The van der Waals surface area contributed by atoms with Gasteiger partial charge in [-0.2, -0.15) is 0 Å². The second-order valence-electron chi connectivity index (χ2n) is 8.71. The van der Waals surface area contributed by atoms with E-state index in [0.717, 1.165) is 29.0 Å². The van der Waals surface area contributed by atoms with Crippen LogP contribution >= 0.6 is 11.8 Å². The van der Waals surface area contributed by atoms with E-state index in [1.807, 2.05) is 30.5 Å². The molecular weight excluding hydrogens is 467 g/mol. The molecule has 35 heavy (non-hydrogen) atoms. The Labute approximate surface area is 208 Å². The molecule has 0 radical (unpaired) electrons. The predicted molar refractivity (Wildman–Crippen MR) is 135 cm³/mol. The molecule has 7 nitrogen and oxygen atoms in total. The number of anilines is 1. The van der Waals surface area contributed by atoms with Crippen LogP contribution in [0.5, 0.6) is 0 Å². The van der Waals surface area contributed by atoms with E-state index in [0.29, 0.717) is 24.1 Å². The van der Waals surface area contributed by atoms with Gasteiger partial charge < -0.3 is 21.3 Å². The maximum Gasteiger partial charge on any atom is 0.254 e. The number of benzene rings is 2. The first-order valence-electron chi connectivity index (χ1n) is 11.6. The van der Waals surface area contributed by atoms with E-state index in [-0.39, 0.29) is 30.0 Å². The number of rotatable bonds is 7. The van der Waals surface area contributed by atoms with Crippen LogP contribution in [-0.2, 0) is 0 Å². The largest absolute Gasteiger partial charge is 0.394 e. The van der Waals surface area contributed by atoms with Crippen LogP contribution in [-0.4, -0.2) is 45.1 Å². The van der Waals surface area contributed by atoms with E-state index in [2.05, 4.69) is 15.3 Å². The van der Waals surface area contributed by atoms with E-state index in [4.69, 9.17) is 5.73 Å². The summed E-state index contributed by atoms with van der Waals surface area (Å²) in [5, 5.41) is 22.3. The number of aliphatic hydroxyl groups excluding tert-OH is 2. The first-order valence-corrected chi connectivity index (χ1v) is 12.8. The topological polar surface area (TPSA) is 121 Å². The van der Waals surface area contributed by atoms with Gasteiger partial charge in [-0.25, -0.2) is 14.4 Å². The molecule has 1 aliphatic carbocycles. The summed E-state index contributed by atoms with van der Waals surface area (Å²) in [6.07, 6.45) is 6.33. The van der Waals surface area contributed by atoms with Crippen LogP contribution in [0, 0.1) is 5.82 Å². The van der Waals surface area contributed by atoms with E-state index in [9.17, 15) is 15.0 Å². The van der Waals surface area contributed by atoms with Crippen molar-refractivity contribution >= 4 is 23.5 Å². The lowest BCUT2D eigenvalue weighted by Crippen LogP contribution is -2.31. The molecule has 1 heterocycles. The molecule has 1 amide bonds. The second-order valence-corrected chi connectivity index (χ2v) is 9.59. The zero-order chi connectivity index (χ0) is 24.9. The van der Waals surface area contributed by atoms with Crippen molar-refractivity contribution < 1.29 is 19.4 Å². The molecule has 0 bridgehead atoms. The maximum atomic E-state index is 15.0. The number of amides is 1. The highest BCUT2D eigenvalue weighted by Gasteiger charge is 2.24. The summed E-state index contributed by atoms with van der Waals surface area (Å²) in [7, 11) is 0. The standard InChI is InChI=1S/C26H29FN4O3S/c1-35-19-4-2-3-16(11-19)23(14-32)31-26(34)20-10-7-17(12-21(20)27)24-25(28)29-13-22(30-24)15-5-8-18(33)9-6-15/h2-4,7,10-13,15,18,23,32-33H,5-6,8-9,14H2,1H3,(H2,28,29)(H,31,34)/t15?,18?,23-/m1/s1. The minimum atomic E-state index is -0.720. The molecular formula is C26H29FN4O3S. The molecule has 2 aromatic carbocycles. The van der Waals surface area contributed by atoms with Gasteiger partial charge in [0.15, 0.2) is 0 Å². The lowest BCUT2D eigenvalue weighted by molar-refractivity contribution is 0.0912. The molecule has 1 aliphatic rings. The monoisotopic (exact) mass is 496 g/mol.